The van der Waals surface area contributed by atoms with Crippen molar-refractivity contribution in [1.29, 1.82) is 0 Å². The molecule has 84 valence electrons. The lowest BCUT2D eigenvalue weighted by Crippen LogP contribution is -2.07. The highest BCUT2D eigenvalue weighted by atomic mass is 19.1. The zero-order chi connectivity index (χ0) is 11.7. The van der Waals surface area contributed by atoms with Crippen molar-refractivity contribution < 1.29 is 4.39 Å². The van der Waals surface area contributed by atoms with E-state index in [1.54, 1.807) is 10.7 Å². The fourth-order valence-electron chi connectivity index (χ4n) is 1.67. The quantitative estimate of drug-likeness (QED) is 0.834. The molecule has 0 amide bonds. The summed E-state index contributed by atoms with van der Waals surface area (Å²) in [4.78, 5) is 4.20. The van der Waals surface area contributed by atoms with Crippen molar-refractivity contribution in [2.45, 2.75) is 20.4 Å². The van der Waals surface area contributed by atoms with Gasteiger partial charge in [0.1, 0.15) is 17.5 Å². The molecule has 1 heterocycles. The third kappa shape index (κ3) is 1.81. The van der Waals surface area contributed by atoms with Gasteiger partial charge in [-0.3, -0.25) is 0 Å². The molecule has 2 N–H and O–H groups in total. The highest BCUT2D eigenvalue weighted by molar-refractivity contribution is 5.41. The molecule has 0 bridgehead atoms. The van der Waals surface area contributed by atoms with Crippen LogP contribution in [0.4, 0.5) is 4.39 Å². The van der Waals surface area contributed by atoms with Crippen LogP contribution in [0.5, 0.6) is 0 Å². The summed E-state index contributed by atoms with van der Waals surface area (Å²) >= 11 is 0. The molecule has 0 saturated carbocycles. The van der Waals surface area contributed by atoms with Gasteiger partial charge in [-0.1, -0.05) is 0 Å². The maximum atomic E-state index is 13.1. The Morgan fingerprint density at radius 1 is 1.38 bits per heavy atom. The molecule has 16 heavy (non-hydrogen) atoms. The Morgan fingerprint density at radius 2 is 2.12 bits per heavy atom. The average Bonchev–Trinajstić information content (AvgIpc) is 2.57. The van der Waals surface area contributed by atoms with Crippen molar-refractivity contribution >= 4 is 0 Å². The van der Waals surface area contributed by atoms with Crippen molar-refractivity contribution in [3.8, 4) is 5.69 Å². The number of hydrogen-bond acceptors (Lipinski definition) is 3. The second kappa shape index (κ2) is 4.02. The minimum atomic E-state index is -0.293. The first kappa shape index (κ1) is 10.8. The van der Waals surface area contributed by atoms with Crippen LogP contribution in [0, 0.1) is 19.7 Å². The fourth-order valence-corrected chi connectivity index (χ4v) is 1.67. The molecule has 0 aliphatic rings. The lowest BCUT2D eigenvalue weighted by atomic mass is 10.1. The number of aryl methyl sites for hydroxylation is 2. The Balaban J connectivity index is 2.59. The predicted molar refractivity (Wildman–Crippen MR) is 58.7 cm³/mol. The van der Waals surface area contributed by atoms with Crippen LogP contribution in [-0.2, 0) is 6.54 Å². The minimum Gasteiger partial charge on any atom is -0.326 e. The highest BCUT2D eigenvalue weighted by Crippen LogP contribution is 2.16. The van der Waals surface area contributed by atoms with Crippen LogP contribution >= 0.6 is 0 Å². The maximum Gasteiger partial charge on any atom is 0.148 e. The van der Waals surface area contributed by atoms with Gasteiger partial charge >= 0.3 is 0 Å². The Labute approximate surface area is 92.9 Å². The third-order valence-electron chi connectivity index (χ3n) is 2.36. The SMILES string of the molecule is Cc1nc(C)n(-c2ccc(F)cc2CN)n1. The molecule has 0 radical (unpaired) electrons. The molecule has 0 saturated heterocycles. The molecule has 0 atom stereocenters. The van der Waals surface area contributed by atoms with E-state index in [1.165, 1.54) is 12.1 Å². The van der Waals surface area contributed by atoms with Gasteiger partial charge in [0.2, 0.25) is 0 Å². The van der Waals surface area contributed by atoms with Gasteiger partial charge in [-0.25, -0.2) is 14.1 Å². The van der Waals surface area contributed by atoms with Crippen molar-refractivity contribution in [2.24, 2.45) is 5.73 Å². The van der Waals surface area contributed by atoms with E-state index in [0.29, 0.717) is 11.4 Å². The van der Waals surface area contributed by atoms with E-state index in [4.69, 9.17) is 5.73 Å². The van der Waals surface area contributed by atoms with E-state index in [-0.39, 0.29) is 12.4 Å². The first-order valence-electron chi connectivity index (χ1n) is 5.01. The number of aromatic nitrogens is 3. The number of nitrogens with two attached hydrogens (primary N) is 1. The summed E-state index contributed by atoms with van der Waals surface area (Å²) < 4.78 is 14.7. The monoisotopic (exact) mass is 220 g/mol. The van der Waals surface area contributed by atoms with Crippen LogP contribution < -0.4 is 5.73 Å². The average molecular weight is 220 g/mol. The summed E-state index contributed by atoms with van der Waals surface area (Å²) in [6, 6.07) is 4.48. The van der Waals surface area contributed by atoms with Gasteiger partial charge in [-0.2, -0.15) is 5.10 Å². The standard InChI is InChI=1S/C11H13FN4/c1-7-14-8(2)16(15-7)11-4-3-10(12)5-9(11)6-13/h3-5H,6,13H2,1-2H3. The maximum absolute atomic E-state index is 13.1. The van der Waals surface area contributed by atoms with Gasteiger partial charge in [0.15, 0.2) is 0 Å². The lowest BCUT2D eigenvalue weighted by molar-refractivity contribution is 0.624. The number of benzene rings is 1. The van der Waals surface area contributed by atoms with E-state index < -0.39 is 0 Å². The van der Waals surface area contributed by atoms with Crippen LogP contribution in [0.3, 0.4) is 0 Å². The van der Waals surface area contributed by atoms with Crippen LogP contribution in [0.1, 0.15) is 17.2 Å². The van der Waals surface area contributed by atoms with Gasteiger partial charge in [-0.15, -0.1) is 0 Å². The first-order chi connectivity index (χ1) is 7.61. The first-order valence-corrected chi connectivity index (χ1v) is 5.01. The Hall–Kier alpha value is -1.75. The molecular weight excluding hydrogens is 207 g/mol. The van der Waals surface area contributed by atoms with Gasteiger partial charge < -0.3 is 5.73 Å². The molecule has 4 nitrogen and oxygen atoms in total. The second-order valence-corrected chi connectivity index (χ2v) is 3.60. The van der Waals surface area contributed by atoms with Crippen LogP contribution in [0.25, 0.3) is 5.69 Å². The normalized spacial score (nSPS) is 10.8. The van der Waals surface area contributed by atoms with Gasteiger partial charge in [0.25, 0.3) is 0 Å². The van der Waals surface area contributed by atoms with Crippen molar-refractivity contribution in [3.05, 3.63) is 41.2 Å². The molecule has 1 aromatic heterocycles. The molecule has 1 aromatic carbocycles. The zero-order valence-electron chi connectivity index (χ0n) is 9.24. The van der Waals surface area contributed by atoms with Gasteiger partial charge in [-0.05, 0) is 37.6 Å². The topological polar surface area (TPSA) is 56.7 Å². The zero-order valence-corrected chi connectivity index (χ0v) is 9.24. The largest absolute Gasteiger partial charge is 0.326 e. The second-order valence-electron chi connectivity index (χ2n) is 3.60. The summed E-state index contributed by atoms with van der Waals surface area (Å²) in [6.07, 6.45) is 0. The Morgan fingerprint density at radius 3 is 2.69 bits per heavy atom. The van der Waals surface area contributed by atoms with E-state index in [1.807, 2.05) is 13.8 Å². The summed E-state index contributed by atoms with van der Waals surface area (Å²) in [5.74, 6) is 1.15. The fraction of sp³-hybridized carbons (Fsp3) is 0.273. The van der Waals surface area contributed by atoms with Gasteiger partial charge in [0, 0.05) is 6.54 Å². The number of nitrogens with zero attached hydrogens (tertiary/aromatic N) is 3. The van der Waals surface area contributed by atoms with Crippen LogP contribution in [0.2, 0.25) is 0 Å². The summed E-state index contributed by atoms with van der Waals surface area (Å²) in [7, 11) is 0. The summed E-state index contributed by atoms with van der Waals surface area (Å²) in [6.45, 7) is 3.93. The van der Waals surface area contributed by atoms with Crippen LogP contribution in [0.15, 0.2) is 18.2 Å². The number of hydrogen-bond donors (Lipinski definition) is 1. The molecule has 2 rings (SSSR count). The predicted octanol–water partition coefficient (Wildman–Crippen LogP) is 1.48. The van der Waals surface area contributed by atoms with E-state index in [9.17, 15) is 4.39 Å². The van der Waals surface area contributed by atoms with E-state index in [0.717, 1.165) is 11.5 Å². The third-order valence-corrected chi connectivity index (χ3v) is 2.36. The molecule has 5 heteroatoms. The molecule has 0 aliphatic carbocycles. The highest BCUT2D eigenvalue weighted by Gasteiger charge is 2.09. The van der Waals surface area contributed by atoms with Crippen molar-refractivity contribution in [3.63, 3.8) is 0 Å². The molecule has 0 fully saturated rings. The Kier molecular flexibility index (Phi) is 2.70. The van der Waals surface area contributed by atoms with Crippen LogP contribution in [-0.4, -0.2) is 14.8 Å². The molecule has 0 aliphatic heterocycles. The number of halogens is 1. The molecule has 0 unspecified atom stereocenters. The number of rotatable bonds is 2. The smallest absolute Gasteiger partial charge is 0.148 e. The van der Waals surface area contributed by atoms with Gasteiger partial charge in [0.05, 0.1) is 5.69 Å². The minimum absolute atomic E-state index is 0.269. The Bertz CT molecular complexity index is 519. The lowest BCUT2D eigenvalue weighted by Gasteiger charge is -2.08. The van der Waals surface area contributed by atoms with Crippen molar-refractivity contribution in [2.75, 3.05) is 0 Å². The summed E-state index contributed by atoms with van der Waals surface area (Å²) in [5, 5.41) is 4.25. The summed E-state index contributed by atoms with van der Waals surface area (Å²) in [5.41, 5.74) is 7.08. The molecular formula is C11H13FN4. The van der Waals surface area contributed by atoms with E-state index in [2.05, 4.69) is 10.1 Å². The van der Waals surface area contributed by atoms with Crippen molar-refractivity contribution in [1.82, 2.24) is 14.8 Å². The molecule has 2 aromatic rings. The van der Waals surface area contributed by atoms with E-state index >= 15 is 0 Å². The molecule has 0 spiro atoms.